The summed E-state index contributed by atoms with van der Waals surface area (Å²) in [5.41, 5.74) is -1.27. The van der Waals surface area contributed by atoms with Gasteiger partial charge in [-0.25, -0.2) is 13.6 Å². The smallest absolute Gasteiger partial charge is 0.408 e. The van der Waals surface area contributed by atoms with Crippen molar-refractivity contribution in [3.63, 3.8) is 0 Å². The second-order valence-electron chi connectivity index (χ2n) is 5.55. The molecule has 122 valence electrons. The van der Waals surface area contributed by atoms with Crippen molar-refractivity contribution in [2.75, 3.05) is 0 Å². The SMILES string of the molecule is CC(C)(C)OC(=O)N[C@H](CC(=O)O)c1c(F)ccc(F)c1Cl. The van der Waals surface area contributed by atoms with Crippen molar-refractivity contribution < 1.29 is 28.2 Å². The van der Waals surface area contributed by atoms with E-state index in [9.17, 15) is 18.4 Å². The molecule has 0 heterocycles. The van der Waals surface area contributed by atoms with Gasteiger partial charge < -0.3 is 15.2 Å². The molecule has 8 heteroatoms. The maximum Gasteiger partial charge on any atom is 0.408 e. The van der Waals surface area contributed by atoms with E-state index < -0.39 is 52.3 Å². The molecule has 0 saturated carbocycles. The number of hydrogen-bond donors (Lipinski definition) is 2. The molecule has 0 aliphatic carbocycles. The lowest BCUT2D eigenvalue weighted by atomic mass is 10.0. The normalized spacial score (nSPS) is 12.6. The molecule has 1 rings (SSSR count). The highest BCUT2D eigenvalue weighted by Crippen LogP contribution is 2.30. The molecule has 5 nitrogen and oxygen atoms in total. The highest BCUT2D eigenvalue weighted by Gasteiger charge is 2.27. The molecule has 2 N–H and O–H groups in total. The highest BCUT2D eigenvalue weighted by molar-refractivity contribution is 6.31. The Labute approximate surface area is 131 Å². The second-order valence-corrected chi connectivity index (χ2v) is 5.93. The van der Waals surface area contributed by atoms with Crippen molar-refractivity contribution in [1.82, 2.24) is 5.32 Å². The molecule has 0 bridgehead atoms. The third kappa shape index (κ3) is 5.14. The minimum absolute atomic E-state index is 0.435. The standard InChI is InChI=1S/C14H16ClF2NO4/c1-14(2,3)22-13(21)18-9(6-10(19)20)11-7(16)4-5-8(17)12(11)15/h4-5,9H,6H2,1-3H3,(H,18,21)(H,19,20)/t9-/m1/s1. The topological polar surface area (TPSA) is 75.6 Å². The van der Waals surface area contributed by atoms with Crippen LogP contribution in [0.3, 0.4) is 0 Å². The van der Waals surface area contributed by atoms with E-state index >= 15 is 0 Å². The van der Waals surface area contributed by atoms with E-state index in [4.69, 9.17) is 21.4 Å². The molecule has 0 radical (unpaired) electrons. The van der Waals surface area contributed by atoms with Crippen LogP contribution in [-0.2, 0) is 9.53 Å². The number of halogens is 3. The zero-order chi connectivity index (χ0) is 17.1. The van der Waals surface area contributed by atoms with Crippen LogP contribution in [0.5, 0.6) is 0 Å². The van der Waals surface area contributed by atoms with Gasteiger partial charge in [0.1, 0.15) is 17.2 Å². The van der Waals surface area contributed by atoms with Gasteiger partial charge in [0.2, 0.25) is 0 Å². The molecule has 0 aromatic heterocycles. The number of aliphatic carboxylic acids is 1. The molecule has 0 unspecified atom stereocenters. The number of benzene rings is 1. The van der Waals surface area contributed by atoms with Gasteiger partial charge in [0.25, 0.3) is 0 Å². The van der Waals surface area contributed by atoms with Gasteiger partial charge in [-0.2, -0.15) is 0 Å². The van der Waals surface area contributed by atoms with Gasteiger partial charge in [-0.3, -0.25) is 4.79 Å². The van der Waals surface area contributed by atoms with Crippen molar-refractivity contribution in [3.05, 3.63) is 34.4 Å². The Bertz CT molecular complexity index is 587. The average molecular weight is 336 g/mol. The van der Waals surface area contributed by atoms with E-state index in [1.807, 2.05) is 0 Å². The fraction of sp³-hybridized carbons (Fsp3) is 0.429. The van der Waals surface area contributed by atoms with Crippen LogP contribution in [0.25, 0.3) is 0 Å². The molecule has 0 aliphatic rings. The van der Waals surface area contributed by atoms with Gasteiger partial charge in [-0.15, -0.1) is 0 Å². The first-order chi connectivity index (χ1) is 10.0. The van der Waals surface area contributed by atoms with Crippen LogP contribution in [0.15, 0.2) is 12.1 Å². The first-order valence-corrected chi connectivity index (χ1v) is 6.73. The number of ether oxygens (including phenoxy) is 1. The van der Waals surface area contributed by atoms with Crippen molar-refractivity contribution in [2.45, 2.75) is 38.8 Å². The van der Waals surface area contributed by atoms with Gasteiger partial charge in [0.05, 0.1) is 17.5 Å². The summed E-state index contributed by atoms with van der Waals surface area (Å²) < 4.78 is 32.3. The van der Waals surface area contributed by atoms with Crippen LogP contribution in [-0.4, -0.2) is 22.8 Å². The van der Waals surface area contributed by atoms with Gasteiger partial charge >= 0.3 is 12.1 Å². The van der Waals surface area contributed by atoms with Crippen molar-refractivity contribution >= 4 is 23.7 Å². The fourth-order valence-electron chi connectivity index (χ4n) is 1.71. The highest BCUT2D eigenvalue weighted by atomic mass is 35.5. The Kier molecular flexibility index (Phi) is 5.71. The lowest BCUT2D eigenvalue weighted by molar-refractivity contribution is -0.137. The van der Waals surface area contributed by atoms with Crippen LogP contribution in [0, 0.1) is 11.6 Å². The van der Waals surface area contributed by atoms with E-state index in [0.717, 1.165) is 12.1 Å². The van der Waals surface area contributed by atoms with Crippen molar-refractivity contribution in [1.29, 1.82) is 0 Å². The Morgan fingerprint density at radius 1 is 1.32 bits per heavy atom. The zero-order valence-corrected chi connectivity index (χ0v) is 13.0. The summed E-state index contributed by atoms with van der Waals surface area (Å²) in [4.78, 5) is 22.7. The van der Waals surface area contributed by atoms with Crippen LogP contribution in [0.4, 0.5) is 13.6 Å². The summed E-state index contributed by atoms with van der Waals surface area (Å²) in [6.45, 7) is 4.82. The van der Waals surface area contributed by atoms with Gasteiger partial charge in [0.15, 0.2) is 0 Å². The van der Waals surface area contributed by atoms with Crippen molar-refractivity contribution in [2.24, 2.45) is 0 Å². The van der Waals surface area contributed by atoms with Gasteiger partial charge in [-0.1, -0.05) is 11.6 Å². The molecule has 0 fully saturated rings. The number of carbonyl (C=O) groups is 2. The van der Waals surface area contributed by atoms with Crippen LogP contribution < -0.4 is 5.32 Å². The van der Waals surface area contributed by atoms with Crippen LogP contribution in [0.2, 0.25) is 5.02 Å². The molecule has 1 aromatic rings. The quantitative estimate of drug-likeness (QED) is 0.823. The zero-order valence-electron chi connectivity index (χ0n) is 12.2. The number of carboxylic acid groups (broad SMARTS) is 1. The van der Waals surface area contributed by atoms with E-state index in [1.165, 1.54) is 0 Å². The Hall–Kier alpha value is -1.89. The molecule has 0 saturated heterocycles. The largest absolute Gasteiger partial charge is 0.481 e. The Morgan fingerprint density at radius 2 is 1.86 bits per heavy atom. The molecule has 0 spiro atoms. The number of hydrogen-bond acceptors (Lipinski definition) is 3. The summed E-state index contributed by atoms with van der Waals surface area (Å²) in [5.74, 6) is -3.16. The maximum atomic E-state index is 13.9. The molecule has 1 amide bonds. The predicted molar refractivity (Wildman–Crippen MR) is 75.7 cm³/mol. The minimum Gasteiger partial charge on any atom is -0.481 e. The van der Waals surface area contributed by atoms with E-state index in [0.29, 0.717) is 0 Å². The van der Waals surface area contributed by atoms with Crippen LogP contribution >= 0.6 is 11.6 Å². The van der Waals surface area contributed by atoms with E-state index in [2.05, 4.69) is 5.32 Å². The van der Waals surface area contributed by atoms with Gasteiger partial charge in [0, 0.05) is 5.56 Å². The lowest BCUT2D eigenvalue weighted by Crippen LogP contribution is -2.36. The molecular weight excluding hydrogens is 320 g/mol. The molecule has 1 atom stereocenters. The number of rotatable bonds is 4. The molecule has 22 heavy (non-hydrogen) atoms. The third-order valence-electron chi connectivity index (χ3n) is 2.50. The summed E-state index contributed by atoms with van der Waals surface area (Å²) >= 11 is 5.69. The number of amides is 1. The number of carboxylic acids is 1. The lowest BCUT2D eigenvalue weighted by Gasteiger charge is -2.24. The predicted octanol–water partition coefficient (Wildman–Crippen LogP) is 3.66. The number of alkyl carbamates (subject to hydrolysis) is 1. The third-order valence-corrected chi connectivity index (χ3v) is 2.88. The van der Waals surface area contributed by atoms with E-state index in [-0.39, 0.29) is 0 Å². The summed E-state index contributed by atoms with van der Waals surface area (Å²) in [6, 6.07) is 0.254. The summed E-state index contributed by atoms with van der Waals surface area (Å²) in [5, 5.41) is 10.5. The number of carbonyl (C=O) groups excluding carboxylic acids is 1. The first kappa shape index (κ1) is 18.2. The fourth-order valence-corrected chi connectivity index (χ4v) is 2.00. The van der Waals surface area contributed by atoms with E-state index in [1.54, 1.807) is 20.8 Å². The Morgan fingerprint density at radius 3 is 2.36 bits per heavy atom. The molecule has 0 aliphatic heterocycles. The molecule has 1 aromatic carbocycles. The molecular formula is C14H16ClF2NO4. The first-order valence-electron chi connectivity index (χ1n) is 6.36. The monoisotopic (exact) mass is 335 g/mol. The second kappa shape index (κ2) is 6.91. The number of nitrogens with one attached hydrogen (secondary N) is 1. The van der Waals surface area contributed by atoms with Gasteiger partial charge in [-0.05, 0) is 32.9 Å². The summed E-state index contributed by atoms with van der Waals surface area (Å²) in [6.07, 6.45) is -1.64. The summed E-state index contributed by atoms with van der Waals surface area (Å²) in [7, 11) is 0. The average Bonchev–Trinajstić information content (AvgIpc) is 2.31. The van der Waals surface area contributed by atoms with Crippen LogP contribution in [0.1, 0.15) is 38.8 Å². The Balaban J connectivity index is 3.12. The minimum atomic E-state index is -1.37. The maximum absolute atomic E-state index is 13.9. The van der Waals surface area contributed by atoms with Crippen molar-refractivity contribution in [3.8, 4) is 0 Å².